The number of amides is 1. The van der Waals surface area contributed by atoms with Crippen molar-refractivity contribution in [2.24, 2.45) is 10.9 Å². The third kappa shape index (κ3) is 14.9. The van der Waals surface area contributed by atoms with E-state index in [1.165, 1.54) is 102 Å². The van der Waals surface area contributed by atoms with E-state index in [0.717, 1.165) is 87.2 Å². The SMILES string of the molecule is CCCCCCCCCCCCCCCCCCN1C(C(C(=O)Nc2cc(C(=O)OCC(CC)CCCC)ccc2OC)n2cnc(C(=O)OC)c2C(=O)OC)=Nc2ccccc2S1(=O)=O. The van der Waals surface area contributed by atoms with Crippen LogP contribution in [0.25, 0.3) is 0 Å². The number of sulfonamides is 1. The van der Waals surface area contributed by atoms with Crippen molar-refractivity contribution in [1.29, 1.82) is 0 Å². The molecule has 2 aromatic carbocycles. The second-order valence-corrected chi connectivity index (χ2v) is 18.8. The summed E-state index contributed by atoms with van der Waals surface area (Å²) >= 11 is 0. The van der Waals surface area contributed by atoms with Gasteiger partial charge in [-0.05, 0) is 49.1 Å². The van der Waals surface area contributed by atoms with E-state index in [1.807, 2.05) is 6.92 Å². The van der Waals surface area contributed by atoms with E-state index in [1.54, 1.807) is 12.1 Å². The van der Waals surface area contributed by atoms with Crippen LogP contribution in [0, 0.1) is 5.92 Å². The average molecular weight is 936 g/mol. The standard InChI is InChI=1S/C50H73N5O10S/c1-7-10-12-13-14-15-16-17-18-19-20-21-22-23-24-27-33-55-46(52-39-29-25-26-30-42(39)66(55,60)61)45(54-36-51-43(49(58)63-5)44(54)50(59)64-6)47(56)53-40-34-38(31-32-41(40)62-4)48(57)65-35-37(9-3)28-11-8-2/h25-26,29-32,34,36-37,45H,7-24,27-28,33,35H2,1-6H3,(H,53,56). The fourth-order valence-electron chi connectivity index (χ4n) is 8.20. The molecular formula is C50H73N5O10S. The Morgan fingerprint density at radius 3 is 1.88 bits per heavy atom. The number of ether oxygens (including phenoxy) is 4. The highest BCUT2D eigenvalue weighted by molar-refractivity contribution is 7.90. The molecule has 0 spiro atoms. The summed E-state index contributed by atoms with van der Waals surface area (Å²) in [6, 6.07) is 8.87. The Morgan fingerprint density at radius 2 is 1.30 bits per heavy atom. The van der Waals surface area contributed by atoms with Crippen LogP contribution in [0.1, 0.15) is 187 Å². The predicted octanol–water partition coefficient (Wildman–Crippen LogP) is 11.0. The van der Waals surface area contributed by atoms with E-state index in [-0.39, 0.29) is 52.5 Å². The Bertz CT molecular complexity index is 2170. The van der Waals surface area contributed by atoms with Crippen molar-refractivity contribution in [1.82, 2.24) is 13.9 Å². The molecule has 66 heavy (non-hydrogen) atoms. The molecule has 2 atom stereocenters. The van der Waals surface area contributed by atoms with E-state index in [9.17, 15) is 22.8 Å². The maximum atomic E-state index is 15.0. The molecule has 1 amide bonds. The number of unbranched alkanes of at least 4 members (excludes halogenated alkanes) is 16. The Balaban J connectivity index is 1.62. The predicted molar refractivity (Wildman–Crippen MR) is 256 cm³/mol. The molecule has 15 nitrogen and oxygen atoms in total. The van der Waals surface area contributed by atoms with Crippen molar-refractivity contribution >= 4 is 51.0 Å². The highest BCUT2D eigenvalue weighted by Gasteiger charge is 2.43. The lowest BCUT2D eigenvalue weighted by Crippen LogP contribution is -2.48. The van der Waals surface area contributed by atoms with Gasteiger partial charge in [-0.25, -0.2) is 32.8 Å². The highest BCUT2D eigenvalue weighted by Crippen LogP contribution is 2.37. The molecule has 0 radical (unpaired) electrons. The van der Waals surface area contributed by atoms with Crippen molar-refractivity contribution in [2.45, 2.75) is 160 Å². The summed E-state index contributed by atoms with van der Waals surface area (Å²) in [6.07, 6.45) is 23.2. The first kappa shape index (κ1) is 53.4. The fraction of sp³-hybridized carbons (Fsp3) is 0.600. The Labute approximate surface area is 392 Å². The summed E-state index contributed by atoms with van der Waals surface area (Å²) in [4.78, 5) is 63.8. The minimum absolute atomic E-state index is 0.0362. The number of rotatable bonds is 31. The van der Waals surface area contributed by atoms with Gasteiger partial charge >= 0.3 is 17.9 Å². The molecule has 1 aliphatic heterocycles. The first-order chi connectivity index (χ1) is 32.0. The van der Waals surface area contributed by atoms with Crippen LogP contribution < -0.4 is 10.1 Å². The lowest BCUT2D eigenvalue weighted by atomic mass is 10.0. The quantitative estimate of drug-likeness (QED) is 0.0368. The number of benzene rings is 2. The van der Waals surface area contributed by atoms with Crippen molar-refractivity contribution < 1.29 is 46.5 Å². The van der Waals surface area contributed by atoms with Crippen LogP contribution in [-0.4, -0.2) is 86.4 Å². The number of hydrogen-bond donors (Lipinski definition) is 1. The molecule has 2 heterocycles. The van der Waals surface area contributed by atoms with E-state index >= 15 is 4.79 Å². The van der Waals surface area contributed by atoms with Gasteiger partial charge in [0.25, 0.3) is 15.9 Å². The van der Waals surface area contributed by atoms with Crippen LogP contribution in [0.5, 0.6) is 5.75 Å². The molecule has 2 unspecified atom stereocenters. The molecule has 0 saturated carbocycles. The zero-order valence-electron chi connectivity index (χ0n) is 40.1. The lowest BCUT2D eigenvalue weighted by Gasteiger charge is -2.34. The normalized spacial score (nSPS) is 13.8. The number of fused-ring (bicyclic) bond motifs is 1. The van der Waals surface area contributed by atoms with Gasteiger partial charge in [0.05, 0.1) is 51.2 Å². The Morgan fingerprint density at radius 1 is 0.712 bits per heavy atom. The van der Waals surface area contributed by atoms with Crippen molar-refractivity contribution in [2.75, 3.05) is 39.8 Å². The summed E-state index contributed by atoms with van der Waals surface area (Å²) in [5.41, 5.74) is -0.665. The topological polar surface area (TPSA) is 185 Å². The molecule has 1 N–H and O–H groups in total. The first-order valence-corrected chi connectivity index (χ1v) is 25.5. The number of nitrogens with one attached hydrogen (secondary N) is 1. The van der Waals surface area contributed by atoms with Crippen molar-refractivity contribution in [3.8, 4) is 5.75 Å². The van der Waals surface area contributed by atoms with Crippen LogP contribution >= 0.6 is 0 Å². The summed E-state index contributed by atoms with van der Waals surface area (Å²) in [5, 5.41) is 2.80. The van der Waals surface area contributed by atoms with Gasteiger partial charge in [0.15, 0.2) is 23.3 Å². The molecule has 0 bridgehead atoms. The number of aromatic nitrogens is 2. The molecule has 3 aromatic rings. The first-order valence-electron chi connectivity index (χ1n) is 24.1. The third-order valence-corrected chi connectivity index (χ3v) is 14.0. The van der Waals surface area contributed by atoms with Gasteiger partial charge in [-0.2, -0.15) is 0 Å². The molecule has 0 aliphatic carbocycles. The van der Waals surface area contributed by atoms with Gasteiger partial charge < -0.3 is 28.8 Å². The van der Waals surface area contributed by atoms with E-state index < -0.39 is 51.3 Å². The maximum absolute atomic E-state index is 15.0. The number of anilines is 1. The zero-order valence-corrected chi connectivity index (χ0v) is 40.9. The number of methoxy groups -OCH3 is 3. The molecule has 1 aliphatic rings. The lowest BCUT2D eigenvalue weighted by molar-refractivity contribution is -0.117. The van der Waals surface area contributed by atoms with Gasteiger partial charge in [-0.3, -0.25) is 9.10 Å². The van der Waals surface area contributed by atoms with Crippen molar-refractivity contribution in [3.05, 3.63) is 65.7 Å². The fourth-order valence-corrected chi connectivity index (χ4v) is 9.83. The van der Waals surface area contributed by atoms with E-state index in [4.69, 9.17) is 23.9 Å². The molecule has 364 valence electrons. The van der Waals surface area contributed by atoms with Gasteiger partial charge in [-0.15, -0.1) is 0 Å². The Kier molecular flexibility index (Phi) is 22.7. The second kappa shape index (κ2) is 28.0. The molecule has 0 saturated heterocycles. The molecule has 1 aromatic heterocycles. The van der Waals surface area contributed by atoms with Crippen LogP contribution in [0.3, 0.4) is 0 Å². The summed E-state index contributed by atoms with van der Waals surface area (Å²) < 4.78 is 52.6. The number of esters is 3. The minimum atomic E-state index is -4.32. The number of aliphatic imine (C=N–C) groups is 1. The van der Waals surface area contributed by atoms with E-state index in [0.29, 0.717) is 6.42 Å². The van der Waals surface area contributed by atoms with Crippen LogP contribution in [-0.2, 0) is 29.0 Å². The van der Waals surface area contributed by atoms with Gasteiger partial charge in [0, 0.05) is 6.54 Å². The maximum Gasteiger partial charge on any atom is 0.359 e. The largest absolute Gasteiger partial charge is 0.495 e. The number of para-hydroxylation sites is 1. The van der Waals surface area contributed by atoms with Gasteiger partial charge in [-0.1, -0.05) is 148 Å². The number of carbonyl (C=O) groups is 4. The molecular weight excluding hydrogens is 863 g/mol. The average Bonchev–Trinajstić information content (AvgIpc) is 3.76. The molecule has 4 rings (SSSR count). The zero-order chi connectivity index (χ0) is 47.9. The summed E-state index contributed by atoms with van der Waals surface area (Å²) in [7, 11) is -0.724. The number of amidine groups is 1. The van der Waals surface area contributed by atoms with Gasteiger partial charge in [0.2, 0.25) is 0 Å². The Hall–Kier alpha value is -5.25. The third-order valence-electron chi connectivity index (χ3n) is 12.1. The number of carbonyl (C=O) groups excluding carboxylic acids is 4. The van der Waals surface area contributed by atoms with Crippen LogP contribution in [0.4, 0.5) is 11.4 Å². The summed E-state index contributed by atoms with van der Waals surface area (Å²) in [5.74, 6) is -3.41. The van der Waals surface area contributed by atoms with Crippen molar-refractivity contribution in [3.63, 3.8) is 0 Å². The number of nitrogens with zero attached hydrogens (tertiary/aromatic N) is 4. The van der Waals surface area contributed by atoms with Crippen LogP contribution in [0.2, 0.25) is 0 Å². The highest BCUT2D eigenvalue weighted by atomic mass is 32.2. The van der Waals surface area contributed by atoms with Crippen LogP contribution in [0.15, 0.2) is 58.7 Å². The summed E-state index contributed by atoms with van der Waals surface area (Å²) in [6.45, 7) is 6.60. The van der Waals surface area contributed by atoms with E-state index in [2.05, 4.69) is 24.1 Å². The monoisotopic (exact) mass is 936 g/mol. The number of imidazole rings is 1. The second-order valence-electron chi connectivity index (χ2n) is 17.0. The van der Waals surface area contributed by atoms with Gasteiger partial charge in [0.1, 0.15) is 10.6 Å². The smallest absolute Gasteiger partial charge is 0.359 e. The number of hydrogen-bond acceptors (Lipinski definition) is 12. The molecule has 16 heteroatoms. The minimum Gasteiger partial charge on any atom is -0.495 e. The molecule has 0 fully saturated rings.